The molecule has 0 aliphatic heterocycles. The van der Waals surface area contributed by atoms with Crippen molar-refractivity contribution in [2.75, 3.05) is 10.6 Å². The number of benzene rings is 2. The van der Waals surface area contributed by atoms with Crippen molar-refractivity contribution < 1.29 is 9.18 Å². The molecule has 0 spiro atoms. The molecule has 1 amide bonds. The first-order valence-corrected chi connectivity index (χ1v) is 7.57. The van der Waals surface area contributed by atoms with Crippen molar-refractivity contribution in [2.24, 2.45) is 0 Å². The van der Waals surface area contributed by atoms with Crippen LogP contribution in [-0.2, 0) is 17.6 Å². The summed E-state index contributed by atoms with van der Waals surface area (Å²) in [6, 6.07) is 11.9. The number of halogens is 1. The van der Waals surface area contributed by atoms with Gasteiger partial charge in [0.25, 0.3) is 0 Å². The van der Waals surface area contributed by atoms with E-state index in [0.717, 1.165) is 18.5 Å². The average molecular weight is 298 g/mol. The molecule has 3 rings (SSSR count). The highest BCUT2D eigenvalue weighted by molar-refractivity contribution is 5.96. The van der Waals surface area contributed by atoms with Crippen LogP contribution in [0.5, 0.6) is 0 Å². The molecule has 0 bridgehead atoms. The second kappa shape index (κ2) is 6.18. The molecule has 22 heavy (non-hydrogen) atoms. The summed E-state index contributed by atoms with van der Waals surface area (Å²) >= 11 is 0. The van der Waals surface area contributed by atoms with Crippen molar-refractivity contribution in [3.05, 3.63) is 59.4 Å². The minimum atomic E-state index is -0.445. The van der Waals surface area contributed by atoms with E-state index in [1.165, 1.54) is 23.6 Å². The molecule has 2 aromatic rings. The molecule has 3 nitrogen and oxygen atoms in total. The molecule has 0 fully saturated rings. The van der Waals surface area contributed by atoms with E-state index < -0.39 is 11.9 Å². The Morgan fingerprint density at radius 2 is 1.91 bits per heavy atom. The number of aryl methyl sites for hydroxylation is 2. The van der Waals surface area contributed by atoms with Gasteiger partial charge in [0.15, 0.2) is 0 Å². The van der Waals surface area contributed by atoms with E-state index >= 15 is 0 Å². The summed E-state index contributed by atoms with van der Waals surface area (Å²) < 4.78 is 13.6. The maximum atomic E-state index is 13.6. The standard InChI is InChI=1S/C18H19FN2O/c1-12(18(22)21-17-8-3-2-7-16(17)19)20-15-10-9-13-5-4-6-14(13)11-15/h2-3,7-12,20H,4-6H2,1H3,(H,21,22). The fourth-order valence-electron chi connectivity index (χ4n) is 2.78. The predicted octanol–water partition coefficient (Wildman–Crippen LogP) is 3.75. The molecule has 2 aromatic carbocycles. The Bertz CT molecular complexity index is 699. The fraction of sp³-hybridized carbons (Fsp3) is 0.278. The zero-order valence-corrected chi connectivity index (χ0v) is 12.5. The Labute approximate surface area is 129 Å². The van der Waals surface area contributed by atoms with E-state index in [4.69, 9.17) is 0 Å². The molecule has 0 heterocycles. The third kappa shape index (κ3) is 3.11. The minimum absolute atomic E-state index is 0.204. The molecule has 0 radical (unpaired) electrons. The molecule has 1 aliphatic rings. The molecule has 0 saturated carbocycles. The summed E-state index contributed by atoms with van der Waals surface area (Å²) in [5.74, 6) is -0.689. The highest BCUT2D eigenvalue weighted by Crippen LogP contribution is 2.25. The summed E-state index contributed by atoms with van der Waals surface area (Å²) in [7, 11) is 0. The van der Waals surface area contributed by atoms with Crippen molar-refractivity contribution in [2.45, 2.75) is 32.2 Å². The van der Waals surface area contributed by atoms with E-state index in [1.54, 1.807) is 25.1 Å². The lowest BCUT2D eigenvalue weighted by Crippen LogP contribution is -2.32. The number of para-hydroxylation sites is 1. The van der Waals surface area contributed by atoms with Crippen molar-refractivity contribution in [3.63, 3.8) is 0 Å². The van der Waals surface area contributed by atoms with Crippen LogP contribution >= 0.6 is 0 Å². The summed E-state index contributed by atoms with van der Waals surface area (Å²) in [4.78, 5) is 12.2. The third-order valence-corrected chi connectivity index (χ3v) is 4.01. The lowest BCUT2D eigenvalue weighted by molar-refractivity contribution is -0.116. The van der Waals surface area contributed by atoms with Gasteiger partial charge >= 0.3 is 0 Å². The second-order valence-electron chi connectivity index (χ2n) is 5.67. The van der Waals surface area contributed by atoms with E-state index in [-0.39, 0.29) is 11.6 Å². The van der Waals surface area contributed by atoms with Crippen molar-refractivity contribution in [1.29, 1.82) is 0 Å². The highest BCUT2D eigenvalue weighted by atomic mass is 19.1. The summed E-state index contributed by atoms with van der Waals surface area (Å²) in [6.45, 7) is 1.77. The normalized spacial score (nSPS) is 14.3. The van der Waals surface area contributed by atoms with E-state index in [2.05, 4.69) is 22.8 Å². The number of anilines is 2. The van der Waals surface area contributed by atoms with Crippen LogP contribution in [0.2, 0.25) is 0 Å². The van der Waals surface area contributed by atoms with Gasteiger partial charge in [0.1, 0.15) is 11.9 Å². The minimum Gasteiger partial charge on any atom is -0.374 e. The van der Waals surface area contributed by atoms with E-state index in [1.807, 2.05) is 6.07 Å². The number of nitrogens with one attached hydrogen (secondary N) is 2. The first kappa shape index (κ1) is 14.6. The third-order valence-electron chi connectivity index (χ3n) is 4.01. The Kier molecular flexibility index (Phi) is 4.09. The van der Waals surface area contributed by atoms with Gasteiger partial charge in [-0.05, 0) is 61.6 Å². The van der Waals surface area contributed by atoms with Gasteiger partial charge in [0.05, 0.1) is 5.69 Å². The topological polar surface area (TPSA) is 41.1 Å². The summed E-state index contributed by atoms with van der Waals surface area (Å²) in [6.07, 6.45) is 3.43. The number of amides is 1. The van der Waals surface area contributed by atoms with Gasteiger partial charge in [-0.1, -0.05) is 18.2 Å². The number of hydrogen-bond donors (Lipinski definition) is 2. The molecule has 1 atom stereocenters. The summed E-state index contributed by atoms with van der Waals surface area (Å²) in [5.41, 5.74) is 3.88. The molecular formula is C18H19FN2O. The number of rotatable bonds is 4. The zero-order chi connectivity index (χ0) is 15.5. The molecule has 0 aromatic heterocycles. The Hall–Kier alpha value is -2.36. The van der Waals surface area contributed by atoms with Crippen LogP contribution in [-0.4, -0.2) is 11.9 Å². The Morgan fingerprint density at radius 3 is 2.73 bits per heavy atom. The first-order chi connectivity index (χ1) is 10.6. The fourth-order valence-corrected chi connectivity index (χ4v) is 2.78. The van der Waals surface area contributed by atoms with Gasteiger partial charge < -0.3 is 10.6 Å². The lowest BCUT2D eigenvalue weighted by Gasteiger charge is -2.16. The van der Waals surface area contributed by atoms with E-state index in [9.17, 15) is 9.18 Å². The Balaban J connectivity index is 1.65. The Morgan fingerprint density at radius 1 is 1.14 bits per heavy atom. The quantitative estimate of drug-likeness (QED) is 0.902. The van der Waals surface area contributed by atoms with Gasteiger partial charge in [0.2, 0.25) is 5.91 Å². The molecule has 1 unspecified atom stereocenters. The molecule has 2 N–H and O–H groups in total. The average Bonchev–Trinajstić information content (AvgIpc) is 2.97. The number of carbonyl (C=O) groups is 1. The largest absolute Gasteiger partial charge is 0.374 e. The van der Waals surface area contributed by atoms with Gasteiger partial charge in [-0.25, -0.2) is 4.39 Å². The predicted molar refractivity (Wildman–Crippen MR) is 86.6 cm³/mol. The maximum absolute atomic E-state index is 13.6. The van der Waals surface area contributed by atoms with Gasteiger partial charge in [-0.2, -0.15) is 0 Å². The van der Waals surface area contributed by atoms with Crippen LogP contribution in [0.4, 0.5) is 15.8 Å². The van der Waals surface area contributed by atoms with Crippen LogP contribution in [0.25, 0.3) is 0 Å². The molecule has 0 saturated heterocycles. The second-order valence-corrected chi connectivity index (χ2v) is 5.67. The van der Waals surface area contributed by atoms with Crippen LogP contribution in [0, 0.1) is 5.82 Å². The van der Waals surface area contributed by atoms with E-state index in [0.29, 0.717) is 0 Å². The molecule has 4 heteroatoms. The van der Waals surface area contributed by atoms with Gasteiger partial charge in [0, 0.05) is 5.69 Å². The number of hydrogen-bond acceptors (Lipinski definition) is 2. The lowest BCUT2D eigenvalue weighted by atomic mass is 10.1. The molecule has 1 aliphatic carbocycles. The van der Waals surface area contributed by atoms with Crippen molar-refractivity contribution in [1.82, 2.24) is 0 Å². The van der Waals surface area contributed by atoms with Crippen LogP contribution in [0.15, 0.2) is 42.5 Å². The monoisotopic (exact) mass is 298 g/mol. The number of carbonyl (C=O) groups excluding carboxylic acids is 1. The first-order valence-electron chi connectivity index (χ1n) is 7.57. The van der Waals surface area contributed by atoms with Crippen molar-refractivity contribution >= 4 is 17.3 Å². The maximum Gasteiger partial charge on any atom is 0.246 e. The van der Waals surface area contributed by atoms with Gasteiger partial charge in [-0.15, -0.1) is 0 Å². The highest BCUT2D eigenvalue weighted by Gasteiger charge is 2.16. The molecular weight excluding hydrogens is 279 g/mol. The smallest absolute Gasteiger partial charge is 0.246 e. The van der Waals surface area contributed by atoms with Gasteiger partial charge in [-0.3, -0.25) is 4.79 Å². The van der Waals surface area contributed by atoms with Crippen molar-refractivity contribution in [3.8, 4) is 0 Å². The number of fused-ring (bicyclic) bond motifs is 1. The summed E-state index contributed by atoms with van der Waals surface area (Å²) in [5, 5.41) is 5.78. The van der Waals surface area contributed by atoms with Crippen LogP contribution in [0.1, 0.15) is 24.5 Å². The zero-order valence-electron chi connectivity index (χ0n) is 12.5. The molecule has 114 valence electrons. The van der Waals surface area contributed by atoms with Crippen LogP contribution in [0.3, 0.4) is 0 Å². The SMILES string of the molecule is CC(Nc1ccc2c(c1)CCC2)C(=O)Nc1ccccc1F. The van der Waals surface area contributed by atoms with Crippen LogP contribution < -0.4 is 10.6 Å².